The Bertz CT molecular complexity index is 67.2. The molecule has 9 heavy (non-hydrogen) atoms. The Morgan fingerprint density at radius 3 is 2.11 bits per heavy atom. The molecule has 0 aliphatic rings. The van der Waals surface area contributed by atoms with E-state index in [1.165, 1.54) is 0 Å². The van der Waals surface area contributed by atoms with E-state index in [4.69, 9.17) is 39.9 Å². The molecule has 4 heteroatoms. The van der Waals surface area contributed by atoms with Crippen LogP contribution in [-0.2, 0) is 0 Å². The summed E-state index contributed by atoms with van der Waals surface area (Å²) in [5.41, 5.74) is 0. The lowest BCUT2D eigenvalue weighted by atomic mass is 10.2. The van der Waals surface area contributed by atoms with E-state index >= 15 is 0 Å². The highest BCUT2D eigenvalue weighted by atomic mass is 35.5. The molecule has 0 aromatic carbocycles. The third kappa shape index (κ3) is 6.72. The van der Waals surface area contributed by atoms with E-state index in [9.17, 15) is 0 Å². The molecule has 0 aromatic heterocycles. The number of hydrogen-bond donors (Lipinski definition) is 1. The molecule has 0 aliphatic heterocycles. The Labute approximate surface area is 69.9 Å². The zero-order valence-corrected chi connectivity index (χ0v) is 7.12. The standard InChI is InChI=1S/C5H9Cl3O/c6-4(1-2-9)3-5(7)8/h4-5,9H,1-3H2. The SMILES string of the molecule is OCCC(Cl)CC(Cl)Cl. The third-order valence-electron chi connectivity index (χ3n) is 0.876. The van der Waals surface area contributed by atoms with Crippen molar-refractivity contribution < 1.29 is 5.11 Å². The van der Waals surface area contributed by atoms with Gasteiger partial charge in [-0.25, -0.2) is 0 Å². The van der Waals surface area contributed by atoms with Gasteiger partial charge in [0.25, 0.3) is 0 Å². The molecule has 0 aromatic rings. The van der Waals surface area contributed by atoms with Gasteiger partial charge in [-0.15, -0.1) is 34.8 Å². The molecule has 0 amide bonds. The summed E-state index contributed by atoms with van der Waals surface area (Å²) in [7, 11) is 0. The molecule has 1 N–H and O–H groups in total. The van der Waals surface area contributed by atoms with Crippen molar-refractivity contribution in [3.63, 3.8) is 0 Å². The van der Waals surface area contributed by atoms with Crippen LogP contribution in [0.2, 0.25) is 0 Å². The predicted molar refractivity (Wildman–Crippen MR) is 41.5 cm³/mol. The topological polar surface area (TPSA) is 20.2 Å². The Morgan fingerprint density at radius 1 is 1.22 bits per heavy atom. The molecule has 0 radical (unpaired) electrons. The lowest BCUT2D eigenvalue weighted by Crippen LogP contribution is -2.05. The minimum atomic E-state index is -0.418. The molecule has 0 rings (SSSR count). The molecule has 56 valence electrons. The van der Waals surface area contributed by atoms with Crippen molar-refractivity contribution in [3.8, 4) is 0 Å². The smallest absolute Gasteiger partial charge is 0.109 e. The molecule has 0 heterocycles. The second kappa shape index (κ2) is 5.60. The maximum atomic E-state index is 8.38. The summed E-state index contributed by atoms with van der Waals surface area (Å²) < 4.78 is 0. The number of halogens is 3. The molecule has 1 unspecified atom stereocenters. The number of rotatable bonds is 4. The van der Waals surface area contributed by atoms with E-state index in [2.05, 4.69) is 0 Å². The quantitative estimate of drug-likeness (QED) is 0.675. The molecule has 1 atom stereocenters. The first kappa shape index (κ1) is 9.83. The average molecular weight is 191 g/mol. The summed E-state index contributed by atoms with van der Waals surface area (Å²) >= 11 is 16.5. The van der Waals surface area contributed by atoms with Crippen LogP contribution in [0.4, 0.5) is 0 Å². The summed E-state index contributed by atoms with van der Waals surface area (Å²) in [4.78, 5) is -0.418. The summed E-state index contributed by atoms with van der Waals surface area (Å²) in [5, 5.41) is 8.28. The lowest BCUT2D eigenvalue weighted by Gasteiger charge is -2.06. The number of alkyl halides is 3. The van der Waals surface area contributed by atoms with Crippen LogP contribution in [0, 0.1) is 0 Å². The minimum absolute atomic E-state index is 0.0919. The molecular weight excluding hydrogens is 182 g/mol. The van der Waals surface area contributed by atoms with Crippen LogP contribution in [0.1, 0.15) is 12.8 Å². The van der Waals surface area contributed by atoms with Gasteiger partial charge in [-0.05, 0) is 12.8 Å². The Kier molecular flexibility index (Phi) is 6.12. The van der Waals surface area contributed by atoms with Crippen molar-refractivity contribution in [1.29, 1.82) is 0 Å². The molecule has 0 bridgehead atoms. The van der Waals surface area contributed by atoms with Gasteiger partial charge in [0.1, 0.15) is 4.84 Å². The molecule has 0 spiro atoms. The van der Waals surface area contributed by atoms with Gasteiger partial charge in [0, 0.05) is 12.0 Å². The van der Waals surface area contributed by atoms with Crippen LogP contribution in [0.25, 0.3) is 0 Å². The third-order valence-corrected chi connectivity index (χ3v) is 1.63. The Hall–Kier alpha value is 0.830. The number of aliphatic hydroxyl groups excluding tert-OH is 1. The van der Waals surface area contributed by atoms with Crippen LogP contribution in [0.5, 0.6) is 0 Å². The maximum Gasteiger partial charge on any atom is 0.109 e. The predicted octanol–water partition coefficient (Wildman–Crippen LogP) is 2.17. The number of aliphatic hydroxyl groups is 1. The van der Waals surface area contributed by atoms with Crippen LogP contribution in [0.15, 0.2) is 0 Å². The van der Waals surface area contributed by atoms with Gasteiger partial charge in [-0.3, -0.25) is 0 Å². The Morgan fingerprint density at radius 2 is 1.78 bits per heavy atom. The second-order valence-corrected chi connectivity index (χ2v) is 3.63. The molecule has 0 aliphatic carbocycles. The van der Waals surface area contributed by atoms with Crippen LogP contribution < -0.4 is 0 Å². The maximum absolute atomic E-state index is 8.38. The van der Waals surface area contributed by atoms with Gasteiger partial charge in [-0.1, -0.05) is 0 Å². The van der Waals surface area contributed by atoms with E-state index < -0.39 is 4.84 Å². The highest BCUT2D eigenvalue weighted by Crippen LogP contribution is 2.16. The molecule has 0 saturated heterocycles. The van der Waals surface area contributed by atoms with E-state index in [1.54, 1.807) is 0 Å². The average Bonchev–Trinajstić information content (AvgIpc) is 1.63. The largest absolute Gasteiger partial charge is 0.396 e. The van der Waals surface area contributed by atoms with Crippen LogP contribution in [-0.4, -0.2) is 21.9 Å². The highest BCUT2D eigenvalue weighted by Gasteiger charge is 2.08. The van der Waals surface area contributed by atoms with E-state index in [0.717, 1.165) is 0 Å². The van der Waals surface area contributed by atoms with Crippen molar-refractivity contribution in [1.82, 2.24) is 0 Å². The fourth-order valence-electron chi connectivity index (χ4n) is 0.451. The van der Waals surface area contributed by atoms with Crippen molar-refractivity contribution >= 4 is 34.8 Å². The first-order chi connectivity index (χ1) is 4.16. The monoisotopic (exact) mass is 190 g/mol. The van der Waals surface area contributed by atoms with Gasteiger partial charge in [0.15, 0.2) is 0 Å². The number of hydrogen-bond acceptors (Lipinski definition) is 1. The van der Waals surface area contributed by atoms with Crippen molar-refractivity contribution in [2.75, 3.05) is 6.61 Å². The van der Waals surface area contributed by atoms with Crippen molar-refractivity contribution in [2.24, 2.45) is 0 Å². The highest BCUT2D eigenvalue weighted by molar-refractivity contribution is 6.44. The first-order valence-corrected chi connectivity index (χ1v) is 4.00. The first-order valence-electron chi connectivity index (χ1n) is 2.70. The lowest BCUT2D eigenvalue weighted by molar-refractivity contribution is 0.285. The zero-order chi connectivity index (χ0) is 7.28. The summed E-state index contributed by atoms with van der Waals surface area (Å²) in [6.07, 6.45) is 1.09. The summed E-state index contributed by atoms with van der Waals surface area (Å²) in [6.45, 7) is 0.0919. The molecule has 1 nitrogen and oxygen atoms in total. The van der Waals surface area contributed by atoms with Gasteiger partial charge in [0.2, 0.25) is 0 Å². The minimum Gasteiger partial charge on any atom is -0.396 e. The normalized spacial score (nSPS) is 14.3. The molecule has 0 fully saturated rings. The Balaban J connectivity index is 3.15. The molecular formula is C5H9Cl3O. The fraction of sp³-hybridized carbons (Fsp3) is 1.00. The van der Waals surface area contributed by atoms with Crippen molar-refractivity contribution in [2.45, 2.75) is 23.1 Å². The van der Waals surface area contributed by atoms with E-state index in [1.807, 2.05) is 0 Å². The summed E-state index contributed by atoms with van der Waals surface area (Å²) in [5.74, 6) is 0. The molecule has 0 saturated carbocycles. The fourth-order valence-corrected chi connectivity index (χ4v) is 1.34. The van der Waals surface area contributed by atoms with Gasteiger partial charge < -0.3 is 5.11 Å². The summed E-state index contributed by atoms with van der Waals surface area (Å²) in [6, 6.07) is 0. The van der Waals surface area contributed by atoms with Crippen LogP contribution >= 0.6 is 34.8 Å². The van der Waals surface area contributed by atoms with Crippen molar-refractivity contribution in [3.05, 3.63) is 0 Å². The van der Waals surface area contributed by atoms with Gasteiger partial charge in [-0.2, -0.15) is 0 Å². The van der Waals surface area contributed by atoms with Gasteiger partial charge >= 0.3 is 0 Å². The second-order valence-electron chi connectivity index (χ2n) is 1.74. The van der Waals surface area contributed by atoms with Gasteiger partial charge in [0.05, 0.1) is 0 Å². The zero-order valence-electron chi connectivity index (χ0n) is 4.86. The van der Waals surface area contributed by atoms with Crippen LogP contribution in [0.3, 0.4) is 0 Å². The van der Waals surface area contributed by atoms with E-state index in [0.29, 0.717) is 12.8 Å². The van der Waals surface area contributed by atoms with E-state index in [-0.39, 0.29) is 12.0 Å².